The van der Waals surface area contributed by atoms with E-state index < -0.39 is 0 Å². The standard InChI is InChI=1S/C24H30N4O/c1-3-28-18(2)22(21-9-4-5-10-23(21)28)17-27-14-11-19(12-15-27)24(29)26-16-20-8-6-7-13-25-20/h4-10,13,19H,3,11-12,14-17H2,1-2H3,(H,26,29). The van der Waals surface area contributed by atoms with Crippen LogP contribution >= 0.6 is 0 Å². The Labute approximate surface area is 172 Å². The van der Waals surface area contributed by atoms with Gasteiger partial charge >= 0.3 is 0 Å². The summed E-state index contributed by atoms with van der Waals surface area (Å²) in [6.45, 7) is 8.83. The van der Waals surface area contributed by atoms with Crippen LogP contribution in [0.5, 0.6) is 0 Å². The molecule has 1 aliphatic heterocycles. The van der Waals surface area contributed by atoms with Crippen LogP contribution in [0.4, 0.5) is 0 Å². The summed E-state index contributed by atoms with van der Waals surface area (Å²) in [6.07, 6.45) is 3.59. The minimum absolute atomic E-state index is 0.105. The van der Waals surface area contributed by atoms with Gasteiger partial charge in [-0.1, -0.05) is 24.3 Å². The zero-order chi connectivity index (χ0) is 20.2. The number of aromatic nitrogens is 2. The van der Waals surface area contributed by atoms with Crippen LogP contribution < -0.4 is 5.32 Å². The minimum Gasteiger partial charge on any atom is -0.350 e. The van der Waals surface area contributed by atoms with E-state index in [1.54, 1.807) is 6.20 Å². The number of hydrogen-bond acceptors (Lipinski definition) is 3. The number of fused-ring (bicyclic) bond motifs is 1. The van der Waals surface area contributed by atoms with E-state index in [0.717, 1.165) is 44.7 Å². The van der Waals surface area contributed by atoms with Gasteiger partial charge in [-0.05, 0) is 63.5 Å². The third-order valence-electron chi connectivity index (χ3n) is 6.19. The van der Waals surface area contributed by atoms with Crippen molar-refractivity contribution < 1.29 is 4.79 Å². The van der Waals surface area contributed by atoms with E-state index in [1.165, 1.54) is 22.2 Å². The number of likely N-dealkylation sites (tertiary alicyclic amines) is 1. The first-order valence-corrected chi connectivity index (χ1v) is 10.6. The first-order valence-electron chi connectivity index (χ1n) is 10.6. The van der Waals surface area contributed by atoms with Crippen LogP contribution in [0.3, 0.4) is 0 Å². The highest BCUT2D eigenvalue weighted by molar-refractivity contribution is 5.85. The summed E-state index contributed by atoms with van der Waals surface area (Å²) in [5.41, 5.74) is 5.02. The second-order valence-corrected chi connectivity index (χ2v) is 7.91. The molecule has 0 aliphatic carbocycles. The van der Waals surface area contributed by atoms with Gasteiger partial charge in [0.05, 0.1) is 12.2 Å². The van der Waals surface area contributed by atoms with Gasteiger partial charge in [0.25, 0.3) is 0 Å². The van der Waals surface area contributed by atoms with E-state index >= 15 is 0 Å². The van der Waals surface area contributed by atoms with Crippen molar-refractivity contribution in [3.05, 3.63) is 65.6 Å². The summed E-state index contributed by atoms with van der Waals surface area (Å²) < 4.78 is 2.41. The van der Waals surface area contributed by atoms with Gasteiger partial charge in [-0.15, -0.1) is 0 Å². The first-order chi connectivity index (χ1) is 14.2. The van der Waals surface area contributed by atoms with E-state index in [1.807, 2.05) is 18.2 Å². The molecule has 1 aliphatic rings. The third-order valence-corrected chi connectivity index (χ3v) is 6.19. The Balaban J connectivity index is 1.35. The van der Waals surface area contributed by atoms with Gasteiger partial charge in [0.2, 0.25) is 5.91 Å². The number of benzene rings is 1. The topological polar surface area (TPSA) is 50.2 Å². The van der Waals surface area contributed by atoms with E-state index in [9.17, 15) is 4.79 Å². The van der Waals surface area contributed by atoms with E-state index in [0.29, 0.717) is 6.54 Å². The molecule has 0 unspecified atom stereocenters. The molecule has 3 heterocycles. The highest BCUT2D eigenvalue weighted by atomic mass is 16.1. The quantitative estimate of drug-likeness (QED) is 0.695. The number of amides is 1. The van der Waals surface area contributed by atoms with Crippen molar-refractivity contribution >= 4 is 16.8 Å². The molecule has 1 saturated heterocycles. The second-order valence-electron chi connectivity index (χ2n) is 7.91. The van der Waals surface area contributed by atoms with Crippen LogP contribution in [-0.2, 0) is 24.4 Å². The lowest BCUT2D eigenvalue weighted by atomic mass is 9.95. The summed E-state index contributed by atoms with van der Waals surface area (Å²) in [5, 5.41) is 4.42. The number of piperidine rings is 1. The molecule has 5 nitrogen and oxygen atoms in total. The lowest BCUT2D eigenvalue weighted by Gasteiger charge is -2.31. The molecule has 5 heteroatoms. The zero-order valence-electron chi connectivity index (χ0n) is 17.4. The maximum Gasteiger partial charge on any atom is 0.223 e. The van der Waals surface area contributed by atoms with Crippen molar-refractivity contribution in [1.82, 2.24) is 19.8 Å². The highest BCUT2D eigenvalue weighted by Gasteiger charge is 2.26. The van der Waals surface area contributed by atoms with E-state index in [2.05, 4.69) is 57.9 Å². The monoisotopic (exact) mass is 390 g/mol. The minimum atomic E-state index is 0.105. The van der Waals surface area contributed by atoms with Crippen LogP contribution in [0.1, 0.15) is 36.7 Å². The normalized spacial score (nSPS) is 15.7. The maximum absolute atomic E-state index is 12.5. The Morgan fingerprint density at radius 1 is 1.14 bits per heavy atom. The summed E-state index contributed by atoms with van der Waals surface area (Å²) in [4.78, 5) is 19.3. The Morgan fingerprint density at radius 2 is 1.90 bits per heavy atom. The summed E-state index contributed by atoms with van der Waals surface area (Å²) >= 11 is 0. The largest absolute Gasteiger partial charge is 0.350 e. The molecule has 1 fully saturated rings. The summed E-state index contributed by atoms with van der Waals surface area (Å²) in [6, 6.07) is 14.5. The number of rotatable bonds is 6. The molecule has 3 aromatic rings. The molecule has 0 saturated carbocycles. The van der Waals surface area contributed by atoms with Gasteiger partial charge in [0.15, 0.2) is 0 Å². The van der Waals surface area contributed by atoms with Crippen molar-refractivity contribution in [1.29, 1.82) is 0 Å². The number of hydrogen-bond donors (Lipinski definition) is 1. The Bertz CT molecular complexity index is 971. The number of carbonyl (C=O) groups excluding carboxylic acids is 1. The number of nitrogens with one attached hydrogen (secondary N) is 1. The third kappa shape index (κ3) is 4.20. The van der Waals surface area contributed by atoms with Gasteiger partial charge in [-0.25, -0.2) is 0 Å². The fourth-order valence-electron chi connectivity index (χ4n) is 4.51. The predicted molar refractivity (Wildman–Crippen MR) is 116 cm³/mol. The predicted octanol–water partition coefficient (Wildman–Crippen LogP) is 3.89. The van der Waals surface area contributed by atoms with Crippen molar-refractivity contribution in [2.24, 2.45) is 5.92 Å². The average molecular weight is 391 g/mol. The highest BCUT2D eigenvalue weighted by Crippen LogP contribution is 2.28. The zero-order valence-corrected chi connectivity index (χ0v) is 17.4. The molecule has 1 aromatic carbocycles. The van der Waals surface area contributed by atoms with Crippen molar-refractivity contribution in [3.63, 3.8) is 0 Å². The van der Waals surface area contributed by atoms with Crippen LogP contribution in [-0.4, -0.2) is 33.4 Å². The van der Waals surface area contributed by atoms with Gasteiger partial charge in [0.1, 0.15) is 0 Å². The second kappa shape index (κ2) is 8.78. The molecular weight excluding hydrogens is 360 g/mol. The lowest BCUT2D eigenvalue weighted by Crippen LogP contribution is -2.40. The molecule has 2 aromatic heterocycles. The van der Waals surface area contributed by atoms with E-state index in [4.69, 9.17) is 0 Å². The van der Waals surface area contributed by atoms with Crippen LogP contribution in [0, 0.1) is 12.8 Å². The van der Waals surface area contributed by atoms with Crippen LogP contribution in [0.25, 0.3) is 10.9 Å². The van der Waals surface area contributed by atoms with E-state index in [-0.39, 0.29) is 11.8 Å². The molecule has 0 radical (unpaired) electrons. The lowest BCUT2D eigenvalue weighted by molar-refractivity contribution is -0.126. The van der Waals surface area contributed by atoms with Crippen molar-refractivity contribution in [3.8, 4) is 0 Å². The number of nitrogens with zero attached hydrogens (tertiary/aromatic N) is 3. The summed E-state index contributed by atoms with van der Waals surface area (Å²) in [7, 11) is 0. The van der Waals surface area contributed by atoms with Gasteiger partial charge in [0, 0.05) is 41.8 Å². The maximum atomic E-state index is 12.5. The molecule has 1 N–H and O–H groups in total. The molecule has 0 atom stereocenters. The van der Waals surface area contributed by atoms with Crippen LogP contribution in [0.2, 0.25) is 0 Å². The SMILES string of the molecule is CCn1c(C)c(CN2CCC(C(=O)NCc3ccccn3)CC2)c2ccccc21. The molecule has 0 bridgehead atoms. The Hall–Kier alpha value is -2.66. The van der Waals surface area contributed by atoms with Gasteiger partial charge in [-0.2, -0.15) is 0 Å². The van der Waals surface area contributed by atoms with Crippen molar-refractivity contribution in [2.45, 2.75) is 46.3 Å². The first kappa shape index (κ1) is 19.6. The number of carbonyl (C=O) groups is 1. The van der Waals surface area contributed by atoms with Crippen molar-refractivity contribution in [2.75, 3.05) is 13.1 Å². The Kier molecular flexibility index (Phi) is 5.95. The van der Waals surface area contributed by atoms with Gasteiger partial charge < -0.3 is 9.88 Å². The number of para-hydroxylation sites is 1. The molecule has 152 valence electrons. The van der Waals surface area contributed by atoms with Crippen LogP contribution in [0.15, 0.2) is 48.7 Å². The number of aryl methyl sites for hydroxylation is 1. The molecule has 29 heavy (non-hydrogen) atoms. The average Bonchev–Trinajstić information content (AvgIpc) is 3.04. The fourth-order valence-corrected chi connectivity index (χ4v) is 4.51. The Morgan fingerprint density at radius 3 is 2.62 bits per heavy atom. The fraction of sp³-hybridized carbons (Fsp3) is 0.417. The van der Waals surface area contributed by atoms with Gasteiger partial charge in [-0.3, -0.25) is 14.7 Å². The molecule has 4 rings (SSSR count). The molecule has 1 amide bonds. The molecular formula is C24H30N4O. The molecule has 0 spiro atoms. The summed E-state index contributed by atoms with van der Waals surface area (Å²) in [5.74, 6) is 0.266. The smallest absolute Gasteiger partial charge is 0.223 e. The number of pyridine rings is 1.